The minimum Gasteiger partial charge on any atom is -0.382 e. The van der Waals surface area contributed by atoms with Gasteiger partial charge in [0.05, 0.1) is 0 Å². The molecule has 2 heterocycles. The summed E-state index contributed by atoms with van der Waals surface area (Å²) in [6.07, 6.45) is 4.05. The molecule has 6 heteroatoms. The molecule has 4 nitrogen and oxygen atoms in total. The lowest BCUT2D eigenvalue weighted by atomic mass is 10.1. The molecular weight excluding hydrogens is 276 g/mol. The van der Waals surface area contributed by atoms with Crippen LogP contribution in [0.5, 0.6) is 0 Å². The first-order chi connectivity index (χ1) is 9.40. The second-order valence-corrected chi connectivity index (χ2v) is 6.74. The van der Waals surface area contributed by atoms with Crippen molar-refractivity contribution >= 4 is 29.2 Å². The van der Waals surface area contributed by atoms with E-state index in [2.05, 4.69) is 56.5 Å². The van der Waals surface area contributed by atoms with Crippen LogP contribution in [0.2, 0.25) is 0 Å². The number of H-pyrrole nitrogens is 1. The predicted molar refractivity (Wildman–Crippen MR) is 80.9 cm³/mol. The quantitative estimate of drug-likeness (QED) is 0.906. The fourth-order valence-electron chi connectivity index (χ4n) is 2.05. The van der Waals surface area contributed by atoms with E-state index >= 15 is 0 Å². The maximum Gasteiger partial charge on any atom is 0.188 e. The highest BCUT2D eigenvalue weighted by atomic mass is 32.2. The number of rotatable bonds is 4. The fourth-order valence-corrected chi connectivity index (χ4v) is 3.85. The molecule has 1 aromatic heterocycles. The minimum atomic E-state index is 0.633. The lowest BCUT2D eigenvalue weighted by molar-refractivity contribution is 0.667. The number of hydrogen-bond donors (Lipinski definition) is 2. The van der Waals surface area contributed by atoms with Gasteiger partial charge in [0.15, 0.2) is 5.16 Å². The Hall–Kier alpha value is -1.14. The van der Waals surface area contributed by atoms with Gasteiger partial charge in [0, 0.05) is 16.6 Å². The van der Waals surface area contributed by atoms with Gasteiger partial charge >= 0.3 is 0 Å². The molecule has 1 aliphatic heterocycles. The molecule has 0 radical (unpaired) electrons. The van der Waals surface area contributed by atoms with Crippen molar-refractivity contribution in [3.63, 3.8) is 0 Å². The van der Waals surface area contributed by atoms with Crippen molar-refractivity contribution in [3.8, 4) is 0 Å². The van der Waals surface area contributed by atoms with Crippen LogP contribution in [0.4, 0.5) is 5.69 Å². The zero-order valence-electron chi connectivity index (χ0n) is 10.5. The highest BCUT2D eigenvalue weighted by Crippen LogP contribution is 2.26. The van der Waals surface area contributed by atoms with Crippen molar-refractivity contribution < 1.29 is 0 Å². The van der Waals surface area contributed by atoms with Crippen LogP contribution >= 0.6 is 23.5 Å². The molecule has 0 aliphatic carbocycles. The third kappa shape index (κ3) is 3.67. The first-order valence-electron chi connectivity index (χ1n) is 6.38. The van der Waals surface area contributed by atoms with Gasteiger partial charge in [-0.15, -0.1) is 0 Å². The number of nitrogens with zero attached hydrogens (tertiary/aromatic N) is 2. The van der Waals surface area contributed by atoms with E-state index in [4.69, 9.17) is 0 Å². The van der Waals surface area contributed by atoms with Crippen molar-refractivity contribution in [2.75, 3.05) is 16.8 Å². The number of nitrogens with one attached hydrogen (secondary N) is 2. The van der Waals surface area contributed by atoms with E-state index < -0.39 is 0 Å². The molecule has 3 rings (SSSR count). The predicted octanol–water partition coefficient (Wildman–Crippen LogP) is 3.26. The Kier molecular flexibility index (Phi) is 4.30. The third-order valence-corrected chi connectivity index (χ3v) is 5.00. The zero-order chi connectivity index (χ0) is 12.9. The Bertz CT molecular complexity index is 492. The second-order valence-electron chi connectivity index (χ2n) is 4.45. The van der Waals surface area contributed by atoms with E-state index in [0.29, 0.717) is 6.04 Å². The average molecular weight is 292 g/mol. The average Bonchev–Trinajstić information content (AvgIpc) is 2.95. The summed E-state index contributed by atoms with van der Waals surface area (Å²) >= 11 is 3.64. The number of aromatic amines is 1. The van der Waals surface area contributed by atoms with E-state index in [1.807, 2.05) is 0 Å². The lowest BCUT2D eigenvalue weighted by Gasteiger charge is -2.23. The number of aromatic nitrogens is 3. The van der Waals surface area contributed by atoms with Gasteiger partial charge < -0.3 is 5.32 Å². The Morgan fingerprint density at radius 1 is 1.21 bits per heavy atom. The van der Waals surface area contributed by atoms with Gasteiger partial charge in [-0.05, 0) is 48.6 Å². The summed E-state index contributed by atoms with van der Waals surface area (Å²) in [5.74, 6) is 2.55. The molecule has 0 bridgehead atoms. The number of anilines is 1. The van der Waals surface area contributed by atoms with Gasteiger partial charge in [-0.2, -0.15) is 16.9 Å². The highest BCUT2D eigenvalue weighted by Gasteiger charge is 2.12. The maximum atomic E-state index is 4.11. The van der Waals surface area contributed by atoms with Crippen LogP contribution in [-0.4, -0.2) is 32.7 Å². The smallest absolute Gasteiger partial charge is 0.188 e. The molecule has 0 atom stereocenters. The summed E-state index contributed by atoms with van der Waals surface area (Å²) in [5.41, 5.74) is 1.21. The van der Waals surface area contributed by atoms with Crippen LogP contribution in [0, 0.1) is 0 Å². The van der Waals surface area contributed by atoms with Crippen molar-refractivity contribution in [3.05, 3.63) is 30.6 Å². The zero-order valence-corrected chi connectivity index (χ0v) is 12.1. The van der Waals surface area contributed by atoms with Crippen molar-refractivity contribution in [2.24, 2.45) is 0 Å². The fraction of sp³-hybridized carbons (Fsp3) is 0.385. The van der Waals surface area contributed by atoms with Gasteiger partial charge in [-0.25, -0.2) is 4.98 Å². The topological polar surface area (TPSA) is 53.6 Å². The summed E-state index contributed by atoms with van der Waals surface area (Å²) in [6, 6.07) is 9.15. The molecule has 1 aromatic carbocycles. The molecule has 100 valence electrons. The SMILES string of the molecule is c1n[nH]c(Sc2ccc(NC3CCSCC3)cc2)n1. The van der Waals surface area contributed by atoms with Gasteiger partial charge in [-0.3, -0.25) is 5.10 Å². The standard InChI is InChI=1S/C13H16N4S2/c1-3-12(19-13-14-9-15-17-13)4-2-10(1)16-11-5-7-18-8-6-11/h1-4,9,11,16H,5-8H2,(H,14,15,17). The first-order valence-corrected chi connectivity index (χ1v) is 8.35. The van der Waals surface area contributed by atoms with Gasteiger partial charge in [0.2, 0.25) is 0 Å². The van der Waals surface area contributed by atoms with Crippen LogP contribution in [0.25, 0.3) is 0 Å². The summed E-state index contributed by atoms with van der Waals surface area (Å²) < 4.78 is 0. The van der Waals surface area contributed by atoms with Gasteiger partial charge in [0.25, 0.3) is 0 Å². The van der Waals surface area contributed by atoms with E-state index in [9.17, 15) is 0 Å². The Balaban J connectivity index is 1.58. The summed E-state index contributed by atoms with van der Waals surface area (Å²) in [5, 5.41) is 11.1. The number of thioether (sulfide) groups is 1. The Labute approximate surface area is 121 Å². The Morgan fingerprint density at radius 2 is 2.00 bits per heavy atom. The van der Waals surface area contributed by atoms with Gasteiger partial charge in [0.1, 0.15) is 6.33 Å². The van der Waals surface area contributed by atoms with Gasteiger partial charge in [-0.1, -0.05) is 11.8 Å². The van der Waals surface area contributed by atoms with E-state index in [1.54, 1.807) is 11.8 Å². The molecule has 1 fully saturated rings. The maximum absolute atomic E-state index is 4.11. The molecule has 0 spiro atoms. The first kappa shape index (κ1) is 12.9. The van der Waals surface area contributed by atoms with Crippen LogP contribution < -0.4 is 5.32 Å². The molecular formula is C13H16N4S2. The number of hydrogen-bond acceptors (Lipinski definition) is 5. The minimum absolute atomic E-state index is 0.633. The van der Waals surface area contributed by atoms with Crippen molar-refractivity contribution in [2.45, 2.75) is 28.9 Å². The van der Waals surface area contributed by atoms with Crippen molar-refractivity contribution in [1.82, 2.24) is 15.2 Å². The van der Waals surface area contributed by atoms with Crippen LogP contribution in [-0.2, 0) is 0 Å². The summed E-state index contributed by atoms with van der Waals surface area (Å²) in [6.45, 7) is 0. The highest BCUT2D eigenvalue weighted by molar-refractivity contribution is 7.99. The largest absolute Gasteiger partial charge is 0.382 e. The molecule has 0 unspecified atom stereocenters. The Morgan fingerprint density at radius 3 is 2.68 bits per heavy atom. The molecule has 19 heavy (non-hydrogen) atoms. The molecule has 0 amide bonds. The second kappa shape index (κ2) is 6.34. The summed E-state index contributed by atoms with van der Waals surface area (Å²) in [4.78, 5) is 5.27. The van der Waals surface area contributed by atoms with Crippen LogP contribution in [0.1, 0.15) is 12.8 Å². The van der Waals surface area contributed by atoms with E-state index in [0.717, 1.165) is 5.16 Å². The molecule has 0 saturated carbocycles. The number of benzene rings is 1. The molecule has 1 aliphatic rings. The third-order valence-electron chi connectivity index (χ3n) is 3.05. The molecule has 1 saturated heterocycles. The van der Waals surface area contributed by atoms with Crippen molar-refractivity contribution in [1.29, 1.82) is 0 Å². The molecule has 2 N–H and O–H groups in total. The van der Waals surface area contributed by atoms with E-state index in [1.165, 1.54) is 41.3 Å². The van der Waals surface area contributed by atoms with Crippen LogP contribution in [0.15, 0.2) is 40.6 Å². The summed E-state index contributed by atoms with van der Waals surface area (Å²) in [7, 11) is 0. The van der Waals surface area contributed by atoms with Crippen LogP contribution in [0.3, 0.4) is 0 Å². The normalized spacial score (nSPS) is 16.4. The van der Waals surface area contributed by atoms with E-state index in [-0.39, 0.29) is 0 Å². The molecule has 2 aromatic rings. The lowest BCUT2D eigenvalue weighted by Crippen LogP contribution is -2.24. The monoisotopic (exact) mass is 292 g/mol.